The zero-order chi connectivity index (χ0) is 21.4. The molecule has 0 bridgehead atoms. The molecule has 0 aliphatic carbocycles. The van der Waals surface area contributed by atoms with Gasteiger partial charge in [0, 0.05) is 15.8 Å². The highest BCUT2D eigenvalue weighted by molar-refractivity contribution is 9.09. The van der Waals surface area contributed by atoms with E-state index in [2.05, 4.69) is 38.5 Å². The SMILES string of the molecule is CCCC(Br)CCOc1cccc(C(=O)NC(C)(NOC(=O)O)C(C)(C)C)c1. The molecule has 0 fully saturated rings. The lowest BCUT2D eigenvalue weighted by molar-refractivity contribution is -0.0462. The molecule has 2 unspecified atom stereocenters. The number of nitrogens with one attached hydrogen (secondary N) is 2. The van der Waals surface area contributed by atoms with Crippen LogP contribution in [-0.4, -0.2) is 34.3 Å². The number of amides is 1. The van der Waals surface area contributed by atoms with Crippen molar-refractivity contribution in [1.82, 2.24) is 10.8 Å². The molecule has 7 nitrogen and oxygen atoms in total. The molecule has 8 heteroatoms. The molecule has 0 heterocycles. The molecule has 0 saturated heterocycles. The molecule has 1 aromatic carbocycles. The first kappa shape index (κ1) is 24.2. The summed E-state index contributed by atoms with van der Waals surface area (Å²) in [5.41, 5.74) is 1.20. The van der Waals surface area contributed by atoms with Crippen LogP contribution < -0.4 is 15.5 Å². The standard InChI is InChI=1S/C20H31BrN2O5/c1-6-8-15(21)11-12-27-16-10-7-9-14(13-16)17(24)22-20(5,19(2,3)4)23-28-18(25)26/h7,9-10,13,15,23H,6,8,11-12H2,1-5H3,(H,22,24)(H,25,26). The molecule has 0 radical (unpaired) electrons. The molecule has 2 atom stereocenters. The molecule has 0 aromatic heterocycles. The maximum atomic E-state index is 12.8. The minimum Gasteiger partial charge on any atom is -0.494 e. The zero-order valence-electron chi connectivity index (χ0n) is 17.2. The number of carbonyl (C=O) groups excluding carboxylic acids is 1. The molecule has 1 aromatic rings. The number of ether oxygens (including phenoxy) is 1. The number of carbonyl (C=O) groups is 2. The number of rotatable bonds is 10. The lowest BCUT2D eigenvalue weighted by atomic mass is 9.82. The van der Waals surface area contributed by atoms with E-state index in [0.717, 1.165) is 19.3 Å². The van der Waals surface area contributed by atoms with Crippen LogP contribution >= 0.6 is 15.9 Å². The molecule has 3 N–H and O–H groups in total. The van der Waals surface area contributed by atoms with Crippen LogP contribution in [0.2, 0.25) is 0 Å². The predicted molar refractivity (Wildman–Crippen MR) is 112 cm³/mol. The van der Waals surface area contributed by atoms with Gasteiger partial charge in [0.1, 0.15) is 11.4 Å². The molecule has 0 aliphatic heterocycles. The fourth-order valence-corrected chi connectivity index (χ4v) is 2.95. The Kier molecular flexibility index (Phi) is 9.23. The summed E-state index contributed by atoms with van der Waals surface area (Å²) in [7, 11) is 0. The van der Waals surface area contributed by atoms with Crippen LogP contribution in [0.25, 0.3) is 0 Å². The van der Waals surface area contributed by atoms with Crippen molar-refractivity contribution < 1.29 is 24.3 Å². The summed E-state index contributed by atoms with van der Waals surface area (Å²) >= 11 is 3.62. The molecule has 0 aliphatic rings. The average Bonchev–Trinajstić information content (AvgIpc) is 2.59. The Labute approximate surface area is 175 Å². The number of hydrogen-bond acceptors (Lipinski definition) is 5. The smallest absolute Gasteiger partial charge is 0.494 e. The number of hydrogen-bond donors (Lipinski definition) is 3. The van der Waals surface area contributed by atoms with Crippen LogP contribution in [0.5, 0.6) is 5.75 Å². The van der Waals surface area contributed by atoms with Gasteiger partial charge >= 0.3 is 6.16 Å². The molecule has 0 spiro atoms. The molecular formula is C20H31BrN2O5. The van der Waals surface area contributed by atoms with Gasteiger partial charge in [-0.1, -0.05) is 56.1 Å². The first-order chi connectivity index (χ1) is 13.0. The van der Waals surface area contributed by atoms with E-state index in [4.69, 9.17) is 9.84 Å². The van der Waals surface area contributed by atoms with Crippen molar-refractivity contribution in [3.8, 4) is 5.75 Å². The minimum absolute atomic E-state index is 0.367. The highest BCUT2D eigenvalue weighted by atomic mass is 79.9. The second-order valence-corrected chi connectivity index (χ2v) is 9.15. The van der Waals surface area contributed by atoms with Gasteiger partial charge in [-0.15, -0.1) is 5.48 Å². The Bertz CT molecular complexity index is 662. The summed E-state index contributed by atoms with van der Waals surface area (Å²) in [5, 5.41) is 11.6. The minimum atomic E-state index is -1.48. The van der Waals surface area contributed by atoms with E-state index >= 15 is 0 Å². The van der Waals surface area contributed by atoms with Gasteiger partial charge < -0.3 is 20.0 Å². The summed E-state index contributed by atoms with van der Waals surface area (Å²) in [6.07, 6.45) is 1.59. The normalized spacial score (nSPS) is 14.6. The molecule has 158 valence electrons. The van der Waals surface area contributed by atoms with E-state index in [0.29, 0.717) is 22.7 Å². The fraction of sp³-hybridized carbons (Fsp3) is 0.600. The van der Waals surface area contributed by atoms with Crippen molar-refractivity contribution >= 4 is 28.0 Å². The van der Waals surface area contributed by atoms with Crippen molar-refractivity contribution in [2.45, 2.75) is 64.4 Å². The molecule has 28 heavy (non-hydrogen) atoms. The summed E-state index contributed by atoms with van der Waals surface area (Å²) < 4.78 is 5.76. The van der Waals surface area contributed by atoms with Gasteiger partial charge in [0.25, 0.3) is 5.91 Å². The lowest BCUT2D eigenvalue weighted by Gasteiger charge is -2.41. The molecular weight excluding hydrogens is 428 g/mol. The first-order valence-corrected chi connectivity index (χ1v) is 10.3. The van der Waals surface area contributed by atoms with E-state index in [1.54, 1.807) is 31.2 Å². The predicted octanol–water partition coefficient (Wildman–Crippen LogP) is 4.71. The Hall–Kier alpha value is -1.80. The van der Waals surface area contributed by atoms with Crippen LogP contribution in [-0.2, 0) is 4.84 Å². The fourth-order valence-electron chi connectivity index (χ4n) is 2.30. The molecule has 1 rings (SSSR count). The van der Waals surface area contributed by atoms with E-state index in [-0.39, 0.29) is 5.91 Å². The quantitative estimate of drug-likeness (QED) is 0.266. The van der Waals surface area contributed by atoms with Gasteiger partial charge in [-0.25, -0.2) is 4.79 Å². The van der Waals surface area contributed by atoms with Crippen molar-refractivity contribution in [2.75, 3.05) is 6.61 Å². The van der Waals surface area contributed by atoms with Gasteiger partial charge in [-0.05, 0) is 38.0 Å². The van der Waals surface area contributed by atoms with Gasteiger partial charge in [-0.3, -0.25) is 4.79 Å². The van der Waals surface area contributed by atoms with E-state index in [1.807, 2.05) is 20.8 Å². The Balaban J connectivity index is 2.80. The number of benzene rings is 1. The van der Waals surface area contributed by atoms with Crippen molar-refractivity contribution in [3.63, 3.8) is 0 Å². The third kappa shape index (κ3) is 7.67. The van der Waals surface area contributed by atoms with E-state index in [9.17, 15) is 9.59 Å². The third-order valence-corrected chi connectivity index (χ3v) is 5.52. The van der Waals surface area contributed by atoms with Gasteiger partial charge in [0.2, 0.25) is 0 Å². The second-order valence-electron chi connectivity index (χ2n) is 7.85. The van der Waals surface area contributed by atoms with Crippen LogP contribution in [0.1, 0.15) is 64.2 Å². The average molecular weight is 459 g/mol. The number of alkyl halides is 1. The Morgan fingerprint density at radius 1 is 1.21 bits per heavy atom. The van der Waals surface area contributed by atoms with E-state index in [1.165, 1.54) is 0 Å². The zero-order valence-corrected chi connectivity index (χ0v) is 18.8. The largest absolute Gasteiger partial charge is 0.525 e. The number of carboxylic acid groups (broad SMARTS) is 1. The summed E-state index contributed by atoms with van der Waals surface area (Å²) in [5.74, 6) is 0.241. The van der Waals surface area contributed by atoms with Crippen LogP contribution in [0.4, 0.5) is 4.79 Å². The molecule has 0 saturated carbocycles. The van der Waals surface area contributed by atoms with Crippen LogP contribution in [0.15, 0.2) is 24.3 Å². The van der Waals surface area contributed by atoms with Crippen molar-refractivity contribution in [3.05, 3.63) is 29.8 Å². The first-order valence-electron chi connectivity index (χ1n) is 9.35. The van der Waals surface area contributed by atoms with Crippen LogP contribution in [0.3, 0.4) is 0 Å². The van der Waals surface area contributed by atoms with E-state index < -0.39 is 17.2 Å². The van der Waals surface area contributed by atoms with Crippen molar-refractivity contribution in [2.24, 2.45) is 5.41 Å². The third-order valence-electron chi connectivity index (χ3n) is 4.60. The maximum absolute atomic E-state index is 12.8. The lowest BCUT2D eigenvalue weighted by Crippen LogP contribution is -2.64. The van der Waals surface area contributed by atoms with Crippen LogP contribution in [0, 0.1) is 5.41 Å². The summed E-state index contributed by atoms with van der Waals surface area (Å²) in [4.78, 5) is 28.4. The Morgan fingerprint density at radius 2 is 1.89 bits per heavy atom. The highest BCUT2D eigenvalue weighted by Crippen LogP contribution is 2.28. The van der Waals surface area contributed by atoms with Gasteiger partial charge in [0.05, 0.1) is 6.61 Å². The molecule has 1 amide bonds. The van der Waals surface area contributed by atoms with Gasteiger partial charge in [-0.2, -0.15) is 0 Å². The maximum Gasteiger partial charge on any atom is 0.525 e. The number of halogens is 1. The summed E-state index contributed by atoms with van der Waals surface area (Å²) in [6.45, 7) is 9.93. The topological polar surface area (TPSA) is 96.9 Å². The Morgan fingerprint density at radius 3 is 2.46 bits per heavy atom. The monoisotopic (exact) mass is 458 g/mol. The second kappa shape index (κ2) is 10.7. The van der Waals surface area contributed by atoms with Crippen molar-refractivity contribution in [1.29, 1.82) is 0 Å². The number of hydroxylamine groups is 1. The summed E-state index contributed by atoms with van der Waals surface area (Å²) in [6, 6.07) is 6.89. The van der Waals surface area contributed by atoms with Gasteiger partial charge in [0.15, 0.2) is 0 Å². The highest BCUT2D eigenvalue weighted by Gasteiger charge is 2.40.